The number of carbonyl (C=O) groups excluding carboxylic acids is 1. The Morgan fingerprint density at radius 1 is 1.80 bits per heavy atom. The maximum atomic E-state index is 10.6. The van der Waals surface area contributed by atoms with Crippen LogP contribution in [0.5, 0.6) is 0 Å². The summed E-state index contributed by atoms with van der Waals surface area (Å²) in [4.78, 5) is 13.3. The van der Waals surface area contributed by atoms with Crippen molar-refractivity contribution in [2.45, 2.75) is 0 Å². The summed E-state index contributed by atoms with van der Waals surface area (Å²) in [6.45, 7) is 0.451. The highest BCUT2D eigenvalue weighted by Gasteiger charge is 1.99. The Labute approximate surface area is 63.8 Å². The molecule has 0 aliphatic rings. The summed E-state index contributed by atoms with van der Waals surface area (Å²) in [6.07, 6.45) is 0. The van der Waals surface area contributed by atoms with Gasteiger partial charge in [-0.2, -0.15) is 12.6 Å². The molecule has 1 amide bonds. The van der Waals surface area contributed by atoms with Gasteiger partial charge in [0.1, 0.15) is 10.6 Å². The van der Waals surface area contributed by atoms with Gasteiger partial charge >= 0.3 is 0 Å². The summed E-state index contributed by atoms with van der Waals surface area (Å²) in [5.41, 5.74) is 6.24. The SMILES string of the molecule is N=[N+]=NCC(=O)NCCS. The van der Waals surface area contributed by atoms with E-state index in [2.05, 4.69) is 28.0 Å². The molecule has 5 nitrogen and oxygen atoms in total. The topological polar surface area (TPSA) is 79.4 Å². The van der Waals surface area contributed by atoms with Crippen molar-refractivity contribution in [3.63, 3.8) is 0 Å². The van der Waals surface area contributed by atoms with Crippen LogP contribution >= 0.6 is 12.6 Å². The summed E-state index contributed by atoms with van der Waals surface area (Å²) < 4.78 is 0. The average molecular weight is 161 g/mol. The van der Waals surface area contributed by atoms with E-state index in [0.29, 0.717) is 12.3 Å². The third kappa shape index (κ3) is 5.27. The van der Waals surface area contributed by atoms with Crippen molar-refractivity contribution in [2.75, 3.05) is 18.8 Å². The molecule has 0 aromatic heterocycles. The molecule has 0 aliphatic heterocycles. The zero-order valence-corrected chi connectivity index (χ0v) is 6.27. The lowest BCUT2D eigenvalue weighted by atomic mass is 10.6. The molecule has 56 valence electrons. The molecule has 0 saturated heterocycles. The van der Waals surface area contributed by atoms with E-state index in [1.54, 1.807) is 0 Å². The second kappa shape index (κ2) is 6.25. The lowest BCUT2D eigenvalue weighted by Crippen LogP contribution is -2.27. The van der Waals surface area contributed by atoms with Gasteiger partial charge in [-0.1, -0.05) is 0 Å². The fraction of sp³-hybridized carbons (Fsp3) is 0.750. The molecule has 0 heterocycles. The molecule has 0 bridgehead atoms. The fourth-order valence-electron chi connectivity index (χ4n) is 0.351. The number of thiol groups is 1. The number of nitrogens with zero attached hydrogens (tertiary/aromatic N) is 2. The molecule has 0 spiro atoms. The molecule has 0 fully saturated rings. The van der Waals surface area contributed by atoms with Gasteiger partial charge in [0.15, 0.2) is 0 Å². The fourth-order valence-corrected chi connectivity index (χ4v) is 0.463. The highest BCUT2D eigenvalue weighted by atomic mass is 32.1. The van der Waals surface area contributed by atoms with Gasteiger partial charge in [0.25, 0.3) is 0 Å². The summed E-state index contributed by atoms with van der Waals surface area (Å²) in [6, 6.07) is 0. The van der Waals surface area contributed by atoms with Crippen LogP contribution in [0.15, 0.2) is 5.11 Å². The summed E-state index contributed by atoms with van der Waals surface area (Å²) in [5.74, 6) is 0.370. The minimum Gasteiger partial charge on any atom is -0.353 e. The number of amides is 1. The van der Waals surface area contributed by atoms with Gasteiger partial charge in [0, 0.05) is 12.3 Å². The monoisotopic (exact) mass is 161 g/mol. The molecule has 0 saturated carbocycles. The van der Waals surface area contributed by atoms with Crippen molar-refractivity contribution < 1.29 is 4.79 Å². The van der Waals surface area contributed by atoms with Gasteiger partial charge < -0.3 is 5.32 Å². The van der Waals surface area contributed by atoms with E-state index in [9.17, 15) is 4.79 Å². The maximum Gasteiger partial charge on any atom is 0.249 e. The van der Waals surface area contributed by atoms with E-state index >= 15 is 0 Å². The molecule has 6 heteroatoms. The Kier molecular flexibility index (Phi) is 5.71. The van der Waals surface area contributed by atoms with Crippen molar-refractivity contribution in [2.24, 2.45) is 5.11 Å². The second-order valence-electron chi connectivity index (χ2n) is 1.47. The van der Waals surface area contributed by atoms with E-state index in [0.717, 1.165) is 0 Å². The van der Waals surface area contributed by atoms with E-state index in [1.165, 1.54) is 0 Å². The van der Waals surface area contributed by atoms with Gasteiger partial charge in [-0.05, 0) is 0 Å². The molecule has 0 aromatic rings. The quantitative estimate of drug-likeness (QED) is 0.292. The first-order chi connectivity index (χ1) is 4.81. The Bertz CT molecular complexity index is 153. The van der Waals surface area contributed by atoms with Crippen LogP contribution in [0.3, 0.4) is 0 Å². The summed E-state index contributed by atoms with van der Waals surface area (Å²) >= 11 is 3.88. The Morgan fingerprint density at radius 2 is 2.50 bits per heavy atom. The zero-order chi connectivity index (χ0) is 7.82. The smallest absolute Gasteiger partial charge is 0.249 e. The molecule has 0 aliphatic carbocycles. The molecular weight excluding hydrogens is 152 g/mol. The van der Waals surface area contributed by atoms with Crippen LogP contribution in [0.2, 0.25) is 0 Å². The standard InChI is InChI=1S/C4H8N4OS/c5-8-7-3-4(9)6-1-2-10/h5H,1-3H2,(H-,6,9,10)/p+1. The number of rotatable bonds is 4. The molecular formula is C4H9N4OS+. The summed E-state index contributed by atoms with van der Waals surface area (Å²) in [7, 11) is 0. The van der Waals surface area contributed by atoms with E-state index in [-0.39, 0.29) is 12.5 Å². The van der Waals surface area contributed by atoms with Crippen LogP contribution in [-0.4, -0.2) is 24.7 Å². The average Bonchev–Trinajstić information content (AvgIpc) is 1.97. The van der Waals surface area contributed by atoms with Crippen LogP contribution in [-0.2, 0) is 4.79 Å². The van der Waals surface area contributed by atoms with Crippen molar-refractivity contribution in [3.05, 3.63) is 0 Å². The molecule has 0 unspecified atom stereocenters. The third-order valence-corrected chi connectivity index (χ3v) is 0.943. The minimum atomic E-state index is -0.231. The normalized spacial score (nSPS) is 8.10. The predicted octanol–water partition coefficient (Wildman–Crippen LogP) is -0.417. The molecule has 0 radical (unpaired) electrons. The zero-order valence-electron chi connectivity index (χ0n) is 5.37. The predicted molar refractivity (Wildman–Crippen MR) is 39.0 cm³/mol. The molecule has 0 atom stereocenters. The minimum absolute atomic E-state index is 0.0721. The number of hydrogen-bond donors (Lipinski definition) is 3. The van der Waals surface area contributed by atoms with Crippen molar-refractivity contribution >= 4 is 18.5 Å². The highest BCUT2D eigenvalue weighted by molar-refractivity contribution is 7.80. The lowest BCUT2D eigenvalue weighted by Gasteiger charge is -1.94. The number of carbonyl (C=O) groups is 1. The second-order valence-corrected chi connectivity index (χ2v) is 1.92. The molecule has 2 N–H and O–H groups in total. The first kappa shape index (κ1) is 9.13. The van der Waals surface area contributed by atoms with E-state index in [4.69, 9.17) is 5.53 Å². The van der Waals surface area contributed by atoms with Crippen molar-refractivity contribution in [1.29, 1.82) is 5.53 Å². The third-order valence-electron chi connectivity index (χ3n) is 0.719. The Hall–Kier alpha value is -0.870. The van der Waals surface area contributed by atoms with Crippen LogP contribution in [0.25, 0.3) is 0 Å². The van der Waals surface area contributed by atoms with E-state index < -0.39 is 0 Å². The number of nitrogens with one attached hydrogen (secondary N) is 2. The van der Waals surface area contributed by atoms with Gasteiger partial charge in [0.05, 0.1) is 0 Å². The first-order valence-electron chi connectivity index (χ1n) is 2.72. The number of hydrogen-bond acceptors (Lipinski definition) is 4. The van der Waals surface area contributed by atoms with Crippen LogP contribution in [0, 0.1) is 5.53 Å². The van der Waals surface area contributed by atoms with E-state index in [1.807, 2.05) is 0 Å². The summed E-state index contributed by atoms with van der Waals surface area (Å²) in [5, 5.41) is 5.69. The Morgan fingerprint density at radius 3 is 3.00 bits per heavy atom. The van der Waals surface area contributed by atoms with Gasteiger partial charge in [-0.3, -0.25) is 4.79 Å². The molecule has 0 aromatic carbocycles. The van der Waals surface area contributed by atoms with Crippen molar-refractivity contribution in [1.82, 2.24) is 10.2 Å². The van der Waals surface area contributed by atoms with Crippen LogP contribution < -0.4 is 10.2 Å². The molecule has 10 heavy (non-hydrogen) atoms. The lowest BCUT2D eigenvalue weighted by molar-refractivity contribution is -0.119. The Balaban J connectivity index is 3.34. The highest BCUT2D eigenvalue weighted by Crippen LogP contribution is 1.71. The first-order valence-corrected chi connectivity index (χ1v) is 3.35. The van der Waals surface area contributed by atoms with Gasteiger partial charge in [-0.15, -0.1) is 0 Å². The van der Waals surface area contributed by atoms with Gasteiger partial charge in [0.2, 0.25) is 17.4 Å². The van der Waals surface area contributed by atoms with Gasteiger partial charge in [-0.25, -0.2) is 0 Å². The van der Waals surface area contributed by atoms with Crippen molar-refractivity contribution in [3.8, 4) is 0 Å². The van der Waals surface area contributed by atoms with Crippen LogP contribution in [0.1, 0.15) is 0 Å². The van der Waals surface area contributed by atoms with Crippen LogP contribution in [0.4, 0.5) is 0 Å². The largest absolute Gasteiger partial charge is 0.353 e. The maximum absolute atomic E-state index is 10.6. The molecule has 0 rings (SSSR count).